The number of esters is 1. The third-order valence-electron chi connectivity index (χ3n) is 6.96. The van der Waals surface area contributed by atoms with Crippen LogP contribution in [0.25, 0.3) is 0 Å². The number of oxime groups is 1. The molecule has 1 aromatic rings. The Morgan fingerprint density at radius 1 is 1.32 bits per heavy atom. The number of rotatable bonds is 1. The second kappa shape index (κ2) is 5.75. The largest absolute Gasteiger partial charge is 0.508 e. The number of carbonyl (C=O) groups is 1. The first-order valence-electron chi connectivity index (χ1n) is 9.15. The number of hydrogen-bond donors (Lipinski definition) is 2. The first-order valence-corrected chi connectivity index (χ1v) is 9.15. The number of nitrogens with zero attached hydrogens (tertiary/aromatic N) is 1. The van der Waals surface area contributed by atoms with Crippen LogP contribution in [0.4, 0.5) is 0 Å². The molecule has 0 radical (unpaired) electrons. The highest BCUT2D eigenvalue weighted by Crippen LogP contribution is 2.61. The van der Waals surface area contributed by atoms with Gasteiger partial charge in [-0.05, 0) is 67.6 Å². The zero-order chi connectivity index (χ0) is 17.8. The molecule has 0 bridgehead atoms. The molecular formula is C20H25NO4. The standard InChI is InChI=1S/C20H25NO4/c1-11(22)25-19-6-5-17-15-10-18(21-24)16-9-12(23)3-4-13(16)14(15)7-8-20(17,19)2/h3-4,9,14-15,17,19,23-24H,5-8,10H2,1-2H3/t14-,15-,17+,19+,20+/m1/s1. The summed E-state index contributed by atoms with van der Waals surface area (Å²) in [7, 11) is 0. The van der Waals surface area contributed by atoms with Gasteiger partial charge in [-0.25, -0.2) is 0 Å². The van der Waals surface area contributed by atoms with Gasteiger partial charge in [-0.1, -0.05) is 18.1 Å². The highest BCUT2D eigenvalue weighted by atomic mass is 16.5. The van der Waals surface area contributed by atoms with Crippen LogP contribution in [0.2, 0.25) is 0 Å². The molecule has 5 heteroatoms. The topological polar surface area (TPSA) is 79.1 Å². The van der Waals surface area contributed by atoms with Gasteiger partial charge in [-0.15, -0.1) is 0 Å². The number of carbonyl (C=O) groups excluding carboxylic acids is 1. The molecule has 4 rings (SSSR count). The van der Waals surface area contributed by atoms with E-state index in [0.29, 0.717) is 29.9 Å². The maximum absolute atomic E-state index is 11.5. The zero-order valence-electron chi connectivity index (χ0n) is 14.7. The van der Waals surface area contributed by atoms with Crippen molar-refractivity contribution in [1.82, 2.24) is 0 Å². The van der Waals surface area contributed by atoms with Crippen molar-refractivity contribution in [2.24, 2.45) is 22.4 Å². The van der Waals surface area contributed by atoms with Crippen molar-refractivity contribution in [2.75, 3.05) is 0 Å². The van der Waals surface area contributed by atoms with Crippen LogP contribution in [0.1, 0.15) is 63.0 Å². The summed E-state index contributed by atoms with van der Waals surface area (Å²) < 4.78 is 5.65. The molecule has 0 amide bonds. The summed E-state index contributed by atoms with van der Waals surface area (Å²) in [5.74, 6) is 1.26. The fourth-order valence-corrected chi connectivity index (χ4v) is 5.85. The first-order chi connectivity index (χ1) is 11.9. The molecule has 2 saturated carbocycles. The Labute approximate surface area is 147 Å². The van der Waals surface area contributed by atoms with Crippen LogP contribution < -0.4 is 0 Å². The highest BCUT2D eigenvalue weighted by molar-refractivity contribution is 6.03. The summed E-state index contributed by atoms with van der Waals surface area (Å²) in [5.41, 5.74) is 2.72. The van der Waals surface area contributed by atoms with Crippen LogP contribution in [-0.4, -0.2) is 28.1 Å². The van der Waals surface area contributed by atoms with E-state index < -0.39 is 0 Å². The van der Waals surface area contributed by atoms with E-state index in [0.717, 1.165) is 31.2 Å². The van der Waals surface area contributed by atoms with Crippen molar-refractivity contribution in [3.63, 3.8) is 0 Å². The van der Waals surface area contributed by atoms with Crippen LogP contribution in [-0.2, 0) is 9.53 Å². The number of aromatic hydroxyl groups is 1. The quantitative estimate of drug-likeness (QED) is 0.462. The number of phenols is 1. The second-order valence-corrected chi connectivity index (χ2v) is 8.12. The molecule has 0 unspecified atom stereocenters. The average molecular weight is 343 g/mol. The summed E-state index contributed by atoms with van der Waals surface area (Å²) in [5, 5.41) is 22.9. The smallest absolute Gasteiger partial charge is 0.302 e. The fraction of sp³-hybridized carbons (Fsp3) is 0.600. The number of fused-ring (bicyclic) bond motifs is 5. The van der Waals surface area contributed by atoms with Crippen molar-refractivity contribution in [1.29, 1.82) is 0 Å². The third-order valence-corrected chi connectivity index (χ3v) is 6.96. The van der Waals surface area contributed by atoms with Gasteiger partial charge in [0.25, 0.3) is 0 Å². The van der Waals surface area contributed by atoms with Gasteiger partial charge in [0.1, 0.15) is 11.9 Å². The molecule has 1 aromatic carbocycles. The zero-order valence-corrected chi connectivity index (χ0v) is 14.7. The number of hydrogen-bond acceptors (Lipinski definition) is 5. The monoisotopic (exact) mass is 343 g/mol. The minimum absolute atomic E-state index is 0.00181. The normalized spacial score (nSPS) is 37.9. The van der Waals surface area contributed by atoms with Gasteiger partial charge in [0.2, 0.25) is 0 Å². The second-order valence-electron chi connectivity index (χ2n) is 8.12. The molecule has 0 aliphatic heterocycles. The summed E-state index contributed by atoms with van der Waals surface area (Å²) in [6, 6.07) is 5.42. The summed E-state index contributed by atoms with van der Waals surface area (Å²) >= 11 is 0. The van der Waals surface area contributed by atoms with Crippen molar-refractivity contribution in [2.45, 2.75) is 58.0 Å². The summed E-state index contributed by atoms with van der Waals surface area (Å²) in [6.45, 7) is 3.75. The lowest BCUT2D eigenvalue weighted by Crippen LogP contribution is -2.46. The van der Waals surface area contributed by atoms with Crippen molar-refractivity contribution >= 4 is 11.7 Å². The van der Waals surface area contributed by atoms with Crippen LogP contribution in [0.5, 0.6) is 5.75 Å². The molecule has 5 nitrogen and oxygen atoms in total. The number of ether oxygens (including phenoxy) is 1. The van der Waals surface area contributed by atoms with E-state index >= 15 is 0 Å². The highest BCUT2D eigenvalue weighted by Gasteiger charge is 2.56. The lowest BCUT2D eigenvalue weighted by atomic mass is 9.55. The number of benzene rings is 1. The molecule has 25 heavy (non-hydrogen) atoms. The van der Waals surface area contributed by atoms with Crippen molar-refractivity contribution in [3.05, 3.63) is 29.3 Å². The molecule has 2 N–H and O–H groups in total. The van der Waals surface area contributed by atoms with Gasteiger partial charge in [-0.3, -0.25) is 4.79 Å². The lowest BCUT2D eigenvalue weighted by molar-refractivity contribution is -0.154. The van der Waals surface area contributed by atoms with E-state index in [-0.39, 0.29) is 23.2 Å². The molecule has 0 heterocycles. The Kier molecular flexibility index (Phi) is 3.78. The van der Waals surface area contributed by atoms with E-state index in [9.17, 15) is 15.1 Å². The molecule has 0 aromatic heterocycles. The average Bonchev–Trinajstić information content (AvgIpc) is 2.90. The maximum Gasteiger partial charge on any atom is 0.302 e. The molecule has 3 aliphatic carbocycles. The van der Waals surface area contributed by atoms with E-state index in [2.05, 4.69) is 12.1 Å². The summed E-state index contributed by atoms with van der Waals surface area (Å²) in [4.78, 5) is 11.5. The Bertz CT molecular complexity index is 743. The van der Waals surface area contributed by atoms with Gasteiger partial charge in [0, 0.05) is 17.9 Å². The molecule has 0 saturated heterocycles. The van der Waals surface area contributed by atoms with Crippen molar-refractivity contribution in [3.8, 4) is 5.75 Å². The van der Waals surface area contributed by atoms with E-state index in [4.69, 9.17) is 4.74 Å². The van der Waals surface area contributed by atoms with Gasteiger partial charge in [-0.2, -0.15) is 0 Å². The Balaban J connectivity index is 1.71. The van der Waals surface area contributed by atoms with E-state index in [1.807, 2.05) is 6.07 Å². The Morgan fingerprint density at radius 2 is 2.12 bits per heavy atom. The molecule has 5 atom stereocenters. The SMILES string of the molecule is CC(=O)O[C@H]1CC[C@H]2[C@@H]3CC(=NO)c4cc(O)ccc4[C@H]3CC[C@]12C. The minimum Gasteiger partial charge on any atom is -0.508 e. The summed E-state index contributed by atoms with van der Waals surface area (Å²) in [6.07, 6.45) is 4.73. The van der Waals surface area contributed by atoms with E-state index in [1.54, 1.807) is 12.1 Å². The van der Waals surface area contributed by atoms with Gasteiger partial charge in [0.15, 0.2) is 0 Å². The van der Waals surface area contributed by atoms with Gasteiger partial charge in [0.05, 0.1) is 5.71 Å². The van der Waals surface area contributed by atoms with Crippen LogP contribution in [0, 0.1) is 17.3 Å². The van der Waals surface area contributed by atoms with Gasteiger partial charge < -0.3 is 15.1 Å². The predicted molar refractivity (Wildman–Crippen MR) is 92.9 cm³/mol. The van der Waals surface area contributed by atoms with E-state index in [1.165, 1.54) is 12.5 Å². The lowest BCUT2D eigenvalue weighted by Gasteiger charge is -2.50. The molecule has 0 spiro atoms. The fourth-order valence-electron chi connectivity index (χ4n) is 5.85. The molecule has 3 aliphatic rings. The first kappa shape index (κ1) is 16.4. The van der Waals surface area contributed by atoms with Crippen molar-refractivity contribution < 1.29 is 19.8 Å². The Morgan fingerprint density at radius 3 is 2.84 bits per heavy atom. The molecular weight excluding hydrogens is 318 g/mol. The van der Waals surface area contributed by atoms with Gasteiger partial charge >= 0.3 is 5.97 Å². The molecule has 134 valence electrons. The van der Waals surface area contributed by atoms with Crippen LogP contribution in [0.15, 0.2) is 23.4 Å². The van der Waals surface area contributed by atoms with Crippen LogP contribution >= 0.6 is 0 Å². The molecule has 2 fully saturated rings. The third kappa shape index (κ3) is 2.43. The Hall–Kier alpha value is -2.04. The number of phenolic OH excluding ortho intramolecular Hbond substituents is 1. The minimum atomic E-state index is -0.198. The van der Waals surface area contributed by atoms with Crippen LogP contribution in [0.3, 0.4) is 0 Å². The maximum atomic E-state index is 11.5. The predicted octanol–water partition coefficient (Wildman–Crippen LogP) is 3.82.